The van der Waals surface area contributed by atoms with Gasteiger partial charge in [0, 0.05) is 39.5 Å². The first-order valence-corrected chi connectivity index (χ1v) is 7.53. The van der Waals surface area contributed by atoms with Crippen LogP contribution in [0, 0.1) is 6.92 Å². The van der Waals surface area contributed by atoms with Crippen molar-refractivity contribution in [3.8, 4) is 0 Å². The third-order valence-corrected chi connectivity index (χ3v) is 3.51. The van der Waals surface area contributed by atoms with E-state index in [0.717, 1.165) is 23.3 Å². The van der Waals surface area contributed by atoms with Crippen molar-refractivity contribution >= 4 is 28.7 Å². The molecule has 0 saturated heterocycles. The number of fused-ring (bicyclic) bond motifs is 1. The number of amides is 2. The van der Waals surface area contributed by atoms with E-state index in [1.54, 1.807) is 14.1 Å². The maximum Gasteiger partial charge on any atom is 0.316 e. The molecule has 2 aromatic rings. The van der Waals surface area contributed by atoms with Crippen LogP contribution in [0.1, 0.15) is 11.4 Å². The zero-order chi connectivity index (χ0) is 15.4. The number of rotatable bonds is 5. The number of imidazole rings is 1. The van der Waals surface area contributed by atoms with Gasteiger partial charge in [-0.3, -0.25) is 0 Å². The van der Waals surface area contributed by atoms with Crippen LogP contribution in [0.3, 0.4) is 0 Å². The van der Waals surface area contributed by atoms with Gasteiger partial charge in [-0.2, -0.15) is 0 Å². The van der Waals surface area contributed by atoms with Gasteiger partial charge in [-0.1, -0.05) is 6.07 Å². The van der Waals surface area contributed by atoms with Gasteiger partial charge in [-0.05, 0) is 24.6 Å². The highest BCUT2D eigenvalue weighted by Crippen LogP contribution is 2.18. The summed E-state index contributed by atoms with van der Waals surface area (Å²) in [6.45, 7) is 3.31. The van der Waals surface area contributed by atoms with E-state index in [0.29, 0.717) is 19.0 Å². The molecule has 5 nitrogen and oxygen atoms in total. The third-order valence-electron chi connectivity index (χ3n) is 3.32. The fraction of sp³-hybridized carbons (Fsp3) is 0.467. The number of nitrogens with one attached hydrogen (secondary N) is 1. The molecule has 0 saturated carbocycles. The molecule has 2 rings (SSSR count). The van der Waals surface area contributed by atoms with Crippen molar-refractivity contribution < 1.29 is 4.79 Å². The van der Waals surface area contributed by atoms with Crippen molar-refractivity contribution in [1.29, 1.82) is 0 Å². The van der Waals surface area contributed by atoms with E-state index in [2.05, 4.69) is 33.9 Å². The summed E-state index contributed by atoms with van der Waals surface area (Å²) < 4.78 is 2.14. The summed E-state index contributed by atoms with van der Waals surface area (Å²) in [6, 6.07) is 6.11. The second-order valence-corrected chi connectivity index (χ2v) is 5.62. The smallest absolute Gasteiger partial charge is 0.316 e. The van der Waals surface area contributed by atoms with Crippen LogP contribution >= 0.6 is 11.6 Å². The Morgan fingerprint density at radius 3 is 2.86 bits per heavy atom. The normalized spacial score (nSPS) is 10.9. The number of benzene rings is 1. The van der Waals surface area contributed by atoms with Crippen LogP contribution in [0.4, 0.5) is 4.79 Å². The molecule has 0 fully saturated rings. The largest absolute Gasteiger partial charge is 0.336 e. The van der Waals surface area contributed by atoms with Crippen molar-refractivity contribution in [2.45, 2.75) is 19.9 Å². The predicted molar refractivity (Wildman–Crippen MR) is 86.0 cm³/mol. The topological polar surface area (TPSA) is 50.2 Å². The molecule has 0 atom stereocenters. The van der Waals surface area contributed by atoms with Gasteiger partial charge in [-0.25, -0.2) is 9.78 Å². The lowest BCUT2D eigenvalue weighted by molar-refractivity contribution is 0.217. The molecular weight excluding hydrogens is 288 g/mol. The molecule has 0 bridgehead atoms. The fourth-order valence-corrected chi connectivity index (χ4v) is 2.41. The van der Waals surface area contributed by atoms with E-state index < -0.39 is 0 Å². The van der Waals surface area contributed by atoms with Gasteiger partial charge in [0.05, 0.1) is 11.0 Å². The van der Waals surface area contributed by atoms with Crippen LogP contribution in [-0.2, 0) is 13.0 Å². The van der Waals surface area contributed by atoms with E-state index in [-0.39, 0.29) is 6.03 Å². The summed E-state index contributed by atoms with van der Waals surface area (Å²) in [4.78, 5) is 17.7. The fourth-order valence-electron chi connectivity index (χ4n) is 2.24. The molecule has 0 spiro atoms. The summed E-state index contributed by atoms with van der Waals surface area (Å²) in [7, 11) is 3.45. The molecule has 1 aromatic carbocycles. The molecule has 2 amide bonds. The Labute approximate surface area is 129 Å². The maximum absolute atomic E-state index is 11.6. The monoisotopic (exact) mass is 308 g/mol. The first-order valence-electron chi connectivity index (χ1n) is 7.00. The highest BCUT2D eigenvalue weighted by atomic mass is 35.5. The van der Waals surface area contributed by atoms with Gasteiger partial charge in [-0.15, -0.1) is 11.6 Å². The van der Waals surface area contributed by atoms with Crippen molar-refractivity contribution in [2.75, 3.05) is 26.5 Å². The van der Waals surface area contributed by atoms with Crippen LogP contribution < -0.4 is 5.32 Å². The summed E-state index contributed by atoms with van der Waals surface area (Å²) in [5.74, 6) is 1.50. The first-order chi connectivity index (χ1) is 10.0. The zero-order valence-electron chi connectivity index (χ0n) is 12.7. The zero-order valence-corrected chi connectivity index (χ0v) is 13.4. The second kappa shape index (κ2) is 6.80. The molecular formula is C15H21ClN4O. The Morgan fingerprint density at radius 2 is 2.19 bits per heavy atom. The van der Waals surface area contributed by atoms with E-state index in [9.17, 15) is 4.79 Å². The Morgan fingerprint density at radius 1 is 1.43 bits per heavy atom. The van der Waals surface area contributed by atoms with Gasteiger partial charge >= 0.3 is 6.03 Å². The number of carbonyl (C=O) groups excluding carboxylic acids is 1. The predicted octanol–water partition coefficient (Wildman–Crippen LogP) is 2.40. The average molecular weight is 309 g/mol. The van der Waals surface area contributed by atoms with Crippen LogP contribution in [0.5, 0.6) is 0 Å². The van der Waals surface area contributed by atoms with E-state index in [4.69, 9.17) is 11.6 Å². The summed E-state index contributed by atoms with van der Waals surface area (Å²) in [5.41, 5.74) is 3.26. The van der Waals surface area contributed by atoms with Gasteiger partial charge in [0.1, 0.15) is 5.82 Å². The van der Waals surface area contributed by atoms with E-state index in [1.807, 2.05) is 6.07 Å². The SMILES string of the molecule is Cc1ccc2nc(CCCl)n(CCNC(=O)N(C)C)c2c1. The minimum atomic E-state index is -0.0884. The Bertz CT molecular complexity index is 636. The summed E-state index contributed by atoms with van der Waals surface area (Å²) >= 11 is 5.86. The minimum absolute atomic E-state index is 0.0884. The highest BCUT2D eigenvalue weighted by Gasteiger charge is 2.11. The van der Waals surface area contributed by atoms with Gasteiger partial charge in [0.25, 0.3) is 0 Å². The number of hydrogen-bond acceptors (Lipinski definition) is 2. The number of alkyl halides is 1. The summed E-state index contributed by atoms with van der Waals surface area (Å²) in [6.07, 6.45) is 0.719. The quantitative estimate of drug-likeness (QED) is 0.862. The number of carbonyl (C=O) groups is 1. The molecule has 6 heteroatoms. The molecule has 1 N–H and O–H groups in total. The van der Waals surface area contributed by atoms with Gasteiger partial charge < -0.3 is 14.8 Å². The van der Waals surface area contributed by atoms with Crippen molar-refractivity contribution in [3.05, 3.63) is 29.6 Å². The molecule has 0 aliphatic rings. The minimum Gasteiger partial charge on any atom is -0.336 e. The number of urea groups is 1. The second-order valence-electron chi connectivity index (χ2n) is 5.24. The maximum atomic E-state index is 11.6. The van der Waals surface area contributed by atoms with Crippen LogP contribution in [0.2, 0.25) is 0 Å². The molecule has 0 aliphatic heterocycles. The average Bonchev–Trinajstić information content (AvgIpc) is 2.76. The first kappa shape index (κ1) is 15.6. The Kier molecular flexibility index (Phi) is 5.07. The van der Waals surface area contributed by atoms with Gasteiger partial charge in [0.15, 0.2) is 0 Å². The lowest BCUT2D eigenvalue weighted by atomic mass is 10.2. The molecule has 0 radical (unpaired) electrons. The molecule has 21 heavy (non-hydrogen) atoms. The lowest BCUT2D eigenvalue weighted by Crippen LogP contribution is -2.36. The lowest BCUT2D eigenvalue weighted by Gasteiger charge is -2.13. The van der Waals surface area contributed by atoms with E-state index in [1.165, 1.54) is 10.5 Å². The molecule has 114 valence electrons. The van der Waals surface area contributed by atoms with Crippen molar-refractivity contribution in [1.82, 2.24) is 19.8 Å². The number of hydrogen-bond donors (Lipinski definition) is 1. The molecule has 1 aromatic heterocycles. The number of halogens is 1. The van der Waals surface area contributed by atoms with Crippen molar-refractivity contribution in [3.63, 3.8) is 0 Å². The number of aryl methyl sites for hydroxylation is 2. The van der Waals surface area contributed by atoms with Gasteiger partial charge in [0.2, 0.25) is 0 Å². The standard InChI is InChI=1S/C15H21ClN4O/c1-11-4-5-12-13(10-11)20(14(18-12)6-7-16)9-8-17-15(21)19(2)3/h4-5,10H,6-9H2,1-3H3,(H,17,21). The van der Waals surface area contributed by atoms with Crippen molar-refractivity contribution in [2.24, 2.45) is 0 Å². The van der Waals surface area contributed by atoms with E-state index >= 15 is 0 Å². The van der Waals surface area contributed by atoms with Crippen LogP contribution in [-0.4, -0.2) is 47.0 Å². The Balaban J connectivity index is 2.21. The molecule has 1 heterocycles. The Hall–Kier alpha value is -1.75. The highest BCUT2D eigenvalue weighted by molar-refractivity contribution is 6.17. The number of nitrogens with zero attached hydrogens (tertiary/aromatic N) is 3. The third kappa shape index (κ3) is 3.67. The summed E-state index contributed by atoms with van der Waals surface area (Å²) in [5, 5.41) is 2.87. The number of aromatic nitrogens is 2. The van der Waals surface area contributed by atoms with Crippen LogP contribution in [0.15, 0.2) is 18.2 Å². The molecule has 0 unspecified atom stereocenters. The van der Waals surface area contributed by atoms with Crippen LogP contribution in [0.25, 0.3) is 11.0 Å². The molecule has 0 aliphatic carbocycles.